The molecule has 2 aromatic carbocycles. The van der Waals surface area contributed by atoms with Gasteiger partial charge in [0, 0.05) is 5.39 Å². The Morgan fingerprint density at radius 3 is 2.52 bits per heavy atom. The van der Waals surface area contributed by atoms with Gasteiger partial charge in [0.15, 0.2) is 0 Å². The number of methoxy groups -OCH3 is 1. The van der Waals surface area contributed by atoms with E-state index in [2.05, 4.69) is 9.84 Å². The molecule has 3 rings (SSSR count). The third-order valence-electron chi connectivity index (χ3n) is 3.56. The first kappa shape index (κ1) is 16.8. The van der Waals surface area contributed by atoms with E-state index in [0.717, 1.165) is 5.39 Å². The number of hydrogen-bond donors (Lipinski definition) is 0. The average molecular weight is 350 g/mol. The van der Waals surface area contributed by atoms with Gasteiger partial charge in [-0.3, -0.25) is 4.68 Å². The first-order valence-corrected chi connectivity index (χ1v) is 7.25. The summed E-state index contributed by atoms with van der Waals surface area (Å²) in [4.78, 5) is 11.9. The van der Waals surface area contributed by atoms with Crippen molar-refractivity contribution in [3.05, 3.63) is 59.8 Å². The topological polar surface area (TPSA) is 53.3 Å². The number of benzene rings is 2. The quantitative estimate of drug-likeness (QED) is 0.672. The van der Waals surface area contributed by atoms with Crippen molar-refractivity contribution >= 4 is 16.9 Å². The molecule has 3 aromatic rings. The number of alkyl halides is 3. The van der Waals surface area contributed by atoms with Crippen LogP contribution in [0.2, 0.25) is 0 Å². The molecule has 0 atom stereocenters. The van der Waals surface area contributed by atoms with Crippen LogP contribution in [0.3, 0.4) is 0 Å². The molecule has 0 aliphatic carbocycles. The van der Waals surface area contributed by atoms with Crippen molar-refractivity contribution < 1.29 is 27.4 Å². The van der Waals surface area contributed by atoms with E-state index in [1.54, 1.807) is 23.0 Å². The predicted octanol–water partition coefficient (Wildman–Crippen LogP) is 3.77. The zero-order valence-electron chi connectivity index (χ0n) is 13.1. The molecule has 0 saturated carbocycles. The van der Waals surface area contributed by atoms with Gasteiger partial charge in [-0.25, -0.2) is 4.79 Å². The first-order valence-electron chi connectivity index (χ1n) is 7.25. The van der Waals surface area contributed by atoms with Gasteiger partial charge in [0.1, 0.15) is 5.75 Å². The summed E-state index contributed by atoms with van der Waals surface area (Å²) >= 11 is 0. The normalized spacial score (nSPS) is 11.5. The molecule has 8 heteroatoms. The van der Waals surface area contributed by atoms with Crippen LogP contribution in [0, 0.1) is 0 Å². The maximum atomic E-state index is 12.2. The molecule has 0 N–H and O–H groups in total. The van der Waals surface area contributed by atoms with Crippen molar-refractivity contribution in [2.75, 3.05) is 7.11 Å². The van der Waals surface area contributed by atoms with Crippen LogP contribution in [0.15, 0.2) is 48.7 Å². The highest BCUT2D eigenvalue weighted by molar-refractivity contribution is 6.02. The number of carbonyl (C=O) groups excluding carboxylic acids is 1. The van der Waals surface area contributed by atoms with Crippen LogP contribution in [0.1, 0.15) is 15.9 Å². The lowest BCUT2D eigenvalue weighted by Crippen LogP contribution is -2.17. The molecular weight excluding hydrogens is 337 g/mol. The highest BCUT2D eigenvalue weighted by Gasteiger charge is 2.30. The van der Waals surface area contributed by atoms with Crippen LogP contribution >= 0.6 is 0 Å². The lowest BCUT2D eigenvalue weighted by atomic mass is 10.1. The van der Waals surface area contributed by atoms with Crippen LogP contribution in [0.4, 0.5) is 13.2 Å². The SMILES string of the molecule is COC(=O)c1cccc2cnn(Cc3ccc(OC(F)(F)F)cc3)c12. The first-order chi connectivity index (χ1) is 11.9. The highest BCUT2D eigenvalue weighted by atomic mass is 19.4. The molecule has 1 aromatic heterocycles. The Morgan fingerprint density at radius 2 is 1.88 bits per heavy atom. The monoisotopic (exact) mass is 350 g/mol. The van der Waals surface area contributed by atoms with Crippen LogP contribution in [0.5, 0.6) is 5.75 Å². The summed E-state index contributed by atoms with van der Waals surface area (Å²) in [6, 6.07) is 10.7. The van der Waals surface area contributed by atoms with E-state index in [0.29, 0.717) is 16.6 Å². The summed E-state index contributed by atoms with van der Waals surface area (Å²) in [6.07, 6.45) is -3.11. The molecule has 130 valence electrons. The molecule has 0 unspecified atom stereocenters. The van der Waals surface area contributed by atoms with E-state index in [-0.39, 0.29) is 12.3 Å². The second kappa shape index (κ2) is 6.46. The maximum absolute atomic E-state index is 12.2. The van der Waals surface area contributed by atoms with E-state index in [9.17, 15) is 18.0 Å². The summed E-state index contributed by atoms with van der Waals surface area (Å²) in [5.41, 5.74) is 1.68. The maximum Gasteiger partial charge on any atom is 0.573 e. The number of hydrogen-bond acceptors (Lipinski definition) is 4. The summed E-state index contributed by atoms with van der Waals surface area (Å²) in [5.74, 6) is -0.780. The van der Waals surface area contributed by atoms with Crippen LogP contribution in [-0.2, 0) is 11.3 Å². The second-order valence-electron chi connectivity index (χ2n) is 5.23. The van der Waals surface area contributed by atoms with Gasteiger partial charge < -0.3 is 9.47 Å². The van der Waals surface area contributed by atoms with Gasteiger partial charge in [0.2, 0.25) is 0 Å². The van der Waals surface area contributed by atoms with Gasteiger partial charge in [0.05, 0.1) is 30.9 Å². The molecule has 0 aliphatic heterocycles. The van der Waals surface area contributed by atoms with Gasteiger partial charge >= 0.3 is 12.3 Å². The zero-order chi connectivity index (χ0) is 18.0. The Kier molecular flexibility index (Phi) is 4.35. The average Bonchev–Trinajstić information content (AvgIpc) is 2.98. The number of esters is 1. The van der Waals surface area contributed by atoms with E-state index >= 15 is 0 Å². The van der Waals surface area contributed by atoms with Crippen LogP contribution in [-0.4, -0.2) is 29.2 Å². The third kappa shape index (κ3) is 3.73. The van der Waals surface area contributed by atoms with Crippen molar-refractivity contribution in [1.29, 1.82) is 0 Å². The Hall–Kier alpha value is -3.03. The minimum atomic E-state index is -4.73. The number of ether oxygens (including phenoxy) is 2. The standard InChI is InChI=1S/C17H13F3N2O3/c1-24-16(23)14-4-2-3-12-9-21-22(15(12)14)10-11-5-7-13(8-6-11)25-17(18,19)20/h2-9H,10H2,1H3. The lowest BCUT2D eigenvalue weighted by Gasteiger charge is -2.10. The Labute approximate surface area is 140 Å². The molecule has 0 bridgehead atoms. The molecule has 0 amide bonds. The Balaban J connectivity index is 1.89. The molecule has 0 saturated heterocycles. The van der Waals surface area contributed by atoms with Crippen molar-refractivity contribution in [2.45, 2.75) is 12.9 Å². The van der Waals surface area contributed by atoms with Crippen LogP contribution < -0.4 is 4.74 Å². The lowest BCUT2D eigenvalue weighted by molar-refractivity contribution is -0.274. The summed E-state index contributed by atoms with van der Waals surface area (Å²) in [5, 5.41) is 5.01. The van der Waals surface area contributed by atoms with Crippen molar-refractivity contribution in [1.82, 2.24) is 9.78 Å². The largest absolute Gasteiger partial charge is 0.573 e. The number of nitrogens with zero attached hydrogens (tertiary/aromatic N) is 2. The molecule has 1 heterocycles. The number of aromatic nitrogens is 2. The molecule has 0 aliphatic rings. The fraction of sp³-hybridized carbons (Fsp3) is 0.176. The Bertz CT molecular complexity index is 902. The van der Waals surface area contributed by atoms with Crippen molar-refractivity contribution in [2.24, 2.45) is 0 Å². The van der Waals surface area contributed by atoms with Gasteiger partial charge in [-0.1, -0.05) is 24.3 Å². The van der Waals surface area contributed by atoms with Crippen molar-refractivity contribution in [3.63, 3.8) is 0 Å². The molecule has 0 radical (unpaired) electrons. The number of fused-ring (bicyclic) bond motifs is 1. The molecule has 0 spiro atoms. The van der Waals surface area contributed by atoms with E-state index in [1.807, 2.05) is 6.07 Å². The second-order valence-corrected chi connectivity index (χ2v) is 5.23. The smallest absolute Gasteiger partial charge is 0.465 e. The Morgan fingerprint density at radius 1 is 1.16 bits per heavy atom. The van der Waals surface area contributed by atoms with Gasteiger partial charge in [0.25, 0.3) is 0 Å². The highest BCUT2D eigenvalue weighted by Crippen LogP contribution is 2.24. The molecule has 5 nitrogen and oxygen atoms in total. The number of rotatable bonds is 4. The number of halogens is 3. The fourth-order valence-corrected chi connectivity index (χ4v) is 2.51. The van der Waals surface area contributed by atoms with E-state index in [1.165, 1.54) is 31.4 Å². The van der Waals surface area contributed by atoms with E-state index in [4.69, 9.17) is 4.74 Å². The zero-order valence-corrected chi connectivity index (χ0v) is 13.1. The van der Waals surface area contributed by atoms with Gasteiger partial charge in [-0.05, 0) is 23.8 Å². The third-order valence-corrected chi connectivity index (χ3v) is 3.56. The minimum absolute atomic E-state index is 0.282. The van der Waals surface area contributed by atoms with Gasteiger partial charge in [-0.15, -0.1) is 13.2 Å². The number of para-hydroxylation sites is 1. The van der Waals surface area contributed by atoms with E-state index < -0.39 is 12.3 Å². The minimum Gasteiger partial charge on any atom is -0.465 e. The molecular formula is C17H13F3N2O3. The summed E-state index contributed by atoms with van der Waals surface area (Å²) in [7, 11) is 1.29. The summed E-state index contributed by atoms with van der Waals surface area (Å²) < 4.78 is 46.8. The predicted molar refractivity (Wildman–Crippen MR) is 83.3 cm³/mol. The number of carbonyl (C=O) groups is 1. The molecule has 25 heavy (non-hydrogen) atoms. The van der Waals surface area contributed by atoms with Crippen molar-refractivity contribution in [3.8, 4) is 5.75 Å². The summed E-state index contributed by atoms with van der Waals surface area (Å²) in [6.45, 7) is 0.282. The molecule has 0 fully saturated rings. The van der Waals surface area contributed by atoms with Gasteiger partial charge in [-0.2, -0.15) is 5.10 Å². The van der Waals surface area contributed by atoms with Crippen LogP contribution in [0.25, 0.3) is 10.9 Å². The fourth-order valence-electron chi connectivity index (χ4n) is 2.51.